The summed E-state index contributed by atoms with van der Waals surface area (Å²) in [5, 5.41) is 0. The van der Waals surface area contributed by atoms with Gasteiger partial charge in [0.2, 0.25) is 0 Å². The highest BCUT2D eigenvalue weighted by molar-refractivity contribution is 5.94. The summed E-state index contributed by atoms with van der Waals surface area (Å²) in [7, 11) is 0. The van der Waals surface area contributed by atoms with Gasteiger partial charge in [0.05, 0.1) is 6.54 Å². The number of hydrogen-bond donors (Lipinski definition) is 0. The molecule has 0 saturated carbocycles. The number of carbonyl (C=O) groups is 1. The first-order valence-electron chi connectivity index (χ1n) is 3.41. The summed E-state index contributed by atoms with van der Waals surface area (Å²) in [4.78, 5) is 12.6. The van der Waals surface area contributed by atoms with Crippen molar-refractivity contribution in [1.29, 1.82) is 0 Å². The second-order valence-corrected chi connectivity index (χ2v) is 2.20. The largest absolute Gasteiger partial charge is 0.327 e. The van der Waals surface area contributed by atoms with Crippen LogP contribution >= 0.6 is 0 Å². The van der Waals surface area contributed by atoms with Crippen molar-refractivity contribution in [3.05, 3.63) is 6.54 Å². The van der Waals surface area contributed by atoms with Gasteiger partial charge in [-0.05, 0) is 25.7 Å². The van der Waals surface area contributed by atoms with Crippen LogP contribution in [0, 0.1) is 18.4 Å². The van der Waals surface area contributed by atoms with Crippen molar-refractivity contribution in [1.82, 2.24) is 4.90 Å². The third-order valence-electron chi connectivity index (χ3n) is 1.45. The zero-order valence-corrected chi connectivity index (χ0v) is 6.05. The molecular formula is C8H10NO. The van der Waals surface area contributed by atoms with E-state index in [2.05, 4.69) is 11.8 Å². The summed E-state index contributed by atoms with van der Waals surface area (Å²) >= 11 is 0. The van der Waals surface area contributed by atoms with E-state index in [-0.39, 0.29) is 5.91 Å². The summed E-state index contributed by atoms with van der Waals surface area (Å²) in [5.74, 6) is 5.01. The molecule has 1 saturated heterocycles. The lowest BCUT2D eigenvalue weighted by Crippen LogP contribution is -2.22. The lowest BCUT2D eigenvalue weighted by Gasteiger charge is -2.08. The average Bonchev–Trinajstić information content (AvgIpc) is 2.38. The van der Waals surface area contributed by atoms with Gasteiger partial charge in [-0.1, -0.05) is 5.92 Å². The van der Waals surface area contributed by atoms with Gasteiger partial charge in [0, 0.05) is 6.54 Å². The highest BCUT2D eigenvalue weighted by Crippen LogP contribution is 2.11. The zero-order valence-electron chi connectivity index (χ0n) is 6.05. The second kappa shape index (κ2) is 3.26. The van der Waals surface area contributed by atoms with Gasteiger partial charge in [-0.25, -0.2) is 0 Å². The normalized spacial score (nSPS) is 16.3. The number of likely N-dealkylation sites (tertiary alicyclic amines) is 1. The predicted molar refractivity (Wildman–Crippen MR) is 38.7 cm³/mol. The number of nitrogens with zero attached hydrogens (tertiary/aromatic N) is 1. The number of carbonyl (C=O) groups excluding carboxylic acids is 1. The highest BCUT2D eigenvalue weighted by atomic mass is 16.2. The SMILES string of the molecule is CC#CC(=O)N1[CH]CCC1. The van der Waals surface area contributed by atoms with Crippen LogP contribution in [-0.2, 0) is 4.79 Å². The molecule has 0 aromatic rings. The van der Waals surface area contributed by atoms with Crippen molar-refractivity contribution in [2.24, 2.45) is 0 Å². The maximum absolute atomic E-state index is 11.0. The molecule has 1 fully saturated rings. The van der Waals surface area contributed by atoms with Crippen molar-refractivity contribution in [2.45, 2.75) is 19.8 Å². The lowest BCUT2D eigenvalue weighted by atomic mass is 10.4. The van der Waals surface area contributed by atoms with E-state index in [0.29, 0.717) is 0 Å². The van der Waals surface area contributed by atoms with Crippen LogP contribution in [0.5, 0.6) is 0 Å². The van der Waals surface area contributed by atoms with Crippen molar-refractivity contribution < 1.29 is 4.79 Å². The monoisotopic (exact) mass is 136 g/mol. The van der Waals surface area contributed by atoms with Gasteiger partial charge in [0.15, 0.2) is 0 Å². The van der Waals surface area contributed by atoms with Crippen LogP contribution in [0.1, 0.15) is 19.8 Å². The predicted octanol–water partition coefficient (Wildman–Crippen LogP) is 0.794. The number of hydrogen-bond acceptors (Lipinski definition) is 1. The van der Waals surface area contributed by atoms with Crippen LogP contribution < -0.4 is 0 Å². The fourth-order valence-electron chi connectivity index (χ4n) is 0.963. The average molecular weight is 136 g/mol. The first-order chi connectivity index (χ1) is 4.84. The van der Waals surface area contributed by atoms with Crippen LogP contribution in [-0.4, -0.2) is 17.4 Å². The molecular weight excluding hydrogens is 126 g/mol. The van der Waals surface area contributed by atoms with E-state index in [1.54, 1.807) is 11.8 Å². The van der Waals surface area contributed by atoms with Crippen molar-refractivity contribution in [3.63, 3.8) is 0 Å². The van der Waals surface area contributed by atoms with Crippen LogP contribution in [0.25, 0.3) is 0 Å². The van der Waals surface area contributed by atoms with Crippen molar-refractivity contribution in [2.75, 3.05) is 6.54 Å². The standard InChI is InChI=1S/C8H10NO/c1-2-5-8(10)9-6-3-4-7-9/h6H,3-4,7H2,1H3. The van der Waals surface area contributed by atoms with E-state index in [9.17, 15) is 4.79 Å². The summed E-state index contributed by atoms with van der Waals surface area (Å²) in [6.07, 6.45) is 2.09. The first kappa shape index (κ1) is 7.14. The second-order valence-electron chi connectivity index (χ2n) is 2.20. The Labute approximate surface area is 61.2 Å². The van der Waals surface area contributed by atoms with Gasteiger partial charge in [0.1, 0.15) is 0 Å². The van der Waals surface area contributed by atoms with E-state index in [4.69, 9.17) is 0 Å². The molecule has 0 unspecified atom stereocenters. The topological polar surface area (TPSA) is 20.3 Å². The van der Waals surface area contributed by atoms with Crippen LogP contribution in [0.15, 0.2) is 0 Å². The fourth-order valence-corrected chi connectivity index (χ4v) is 0.963. The molecule has 1 rings (SSSR count). The van der Waals surface area contributed by atoms with E-state index >= 15 is 0 Å². The van der Waals surface area contributed by atoms with Crippen LogP contribution in [0.2, 0.25) is 0 Å². The molecule has 1 radical (unpaired) electrons. The Morgan fingerprint density at radius 3 is 3.00 bits per heavy atom. The number of amides is 1. The summed E-state index contributed by atoms with van der Waals surface area (Å²) in [6, 6.07) is 0. The Morgan fingerprint density at radius 2 is 2.50 bits per heavy atom. The van der Waals surface area contributed by atoms with Crippen LogP contribution in [0.4, 0.5) is 0 Å². The maximum atomic E-state index is 11.0. The highest BCUT2D eigenvalue weighted by Gasteiger charge is 2.15. The Bertz CT molecular complexity index is 181. The molecule has 2 heteroatoms. The van der Waals surface area contributed by atoms with E-state index in [0.717, 1.165) is 19.4 Å². The lowest BCUT2D eigenvalue weighted by molar-refractivity contribution is -0.122. The third kappa shape index (κ3) is 1.51. The molecule has 0 aliphatic carbocycles. The summed E-state index contributed by atoms with van der Waals surface area (Å²) in [5.41, 5.74) is 0. The first-order valence-corrected chi connectivity index (χ1v) is 3.41. The Kier molecular flexibility index (Phi) is 2.33. The molecule has 0 aromatic heterocycles. The van der Waals surface area contributed by atoms with E-state index < -0.39 is 0 Å². The fraction of sp³-hybridized carbons (Fsp3) is 0.500. The maximum Gasteiger partial charge on any atom is 0.298 e. The summed E-state index contributed by atoms with van der Waals surface area (Å²) in [6.45, 7) is 4.42. The minimum atomic E-state index is -0.0694. The molecule has 1 amide bonds. The van der Waals surface area contributed by atoms with Gasteiger partial charge < -0.3 is 4.90 Å². The molecule has 0 atom stereocenters. The molecule has 0 aromatic carbocycles. The third-order valence-corrected chi connectivity index (χ3v) is 1.45. The van der Waals surface area contributed by atoms with E-state index in [1.165, 1.54) is 0 Å². The van der Waals surface area contributed by atoms with Gasteiger partial charge >= 0.3 is 0 Å². The van der Waals surface area contributed by atoms with Gasteiger partial charge in [-0.15, -0.1) is 0 Å². The van der Waals surface area contributed by atoms with Gasteiger partial charge in [0.25, 0.3) is 5.91 Å². The summed E-state index contributed by atoms with van der Waals surface area (Å²) < 4.78 is 0. The Hall–Kier alpha value is -0.970. The molecule has 1 aliphatic rings. The molecule has 10 heavy (non-hydrogen) atoms. The molecule has 1 heterocycles. The smallest absolute Gasteiger partial charge is 0.298 e. The van der Waals surface area contributed by atoms with Crippen LogP contribution in [0.3, 0.4) is 0 Å². The van der Waals surface area contributed by atoms with Gasteiger partial charge in [-0.2, -0.15) is 0 Å². The zero-order chi connectivity index (χ0) is 7.40. The minimum Gasteiger partial charge on any atom is -0.327 e. The molecule has 53 valence electrons. The number of rotatable bonds is 0. The molecule has 2 nitrogen and oxygen atoms in total. The van der Waals surface area contributed by atoms with E-state index in [1.807, 2.05) is 6.54 Å². The van der Waals surface area contributed by atoms with Crippen molar-refractivity contribution in [3.8, 4) is 11.8 Å². The van der Waals surface area contributed by atoms with Crippen molar-refractivity contribution >= 4 is 5.91 Å². The Balaban J connectivity index is 2.45. The molecule has 1 aliphatic heterocycles. The quantitative estimate of drug-likeness (QED) is 0.451. The molecule has 0 N–H and O–H groups in total. The Morgan fingerprint density at radius 1 is 1.70 bits per heavy atom. The minimum absolute atomic E-state index is 0.0694. The van der Waals surface area contributed by atoms with Gasteiger partial charge in [-0.3, -0.25) is 4.79 Å². The molecule has 0 spiro atoms. The molecule has 0 bridgehead atoms.